The summed E-state index contributed by atoms with van der Waals surface area (Å²) in [6.45, 7) is 6.52. The van der Waals surface area contributed by atoms with Crippen LogP contribution in [0.3, 0.4) is 0 Å². The summed E-state index contributed by atoms with van der Waals surface area (Å²) >= 11 is 0. The Morgan fingerprint density at radius 2 is 2.09 bits per heavy atom. The van der Waals surface area contributed by atoms with Gasteiger partial charge in [-0.05, 0) is 25.1 Å². The average Bonchev–Trinajstić information content (AvgIpc) is 2.57. The van der Waals surface area contributed by atoms with Crippen LogP contribution in [0.25, 0.3) is 11.0 Å². The van der Waals surface area contributed by atoms with E-state index in [0.29, 0.717) is 18.7 Å². The van der Waals surface area contributed by atoms with Crippen molar-refractivity contribution in [2.75, 3.05) is 32.7 Å². The fourth-order valence-corrected chi connectivity index (χ4v) is 3.00. The summed E-state index contributed by atoms with van der Waals surface area (Å²) in [4.78, 5) is 32.7. The maximum Gasteiger partial charge on any atom is 0.264 e. The van der Waals surface area contributed by atoms with Crippen LogP contribution in [0.1, 0.15) is 17.3 Å². The Kier molecular flexibility index (Phi) is 3.94. The number of amides is 1. The van der Waals surface area contributed by atoms with Crippen LogP contribution >= 0.6 is 0 Å². The van der Waals surface area contributed by atoms with Crippen LogP contribution in [0, 0.1) is 0 Å². The lowest BCUT2D eigenvalue weighted by molar-refractivity contribution is -0.902. The smallest absolute Gasteiger partial charge is 0.264 e. The van der Waals surface area contributed by atoms with Crippen molar-refractivity contribution in [1.29, 1.82) is 0 Å². The molecule has 0 unspecified atom stereocenters. The van der Waals surface area contributed by atoms with Gasteiger partial charge in [-0.25, -0.2) is 4.98 Å². The van der Waals surface area contributed by atoms with Crippen molar-refractivity contribution in [2.24, 2.45) is 7.05 Å². The molecule has 1 saturated heterocycles. The highest BCUT2D eigenvalue weighted by molar-refractivity contribution is 5.96. The molecule has 0 aliphatic carbocycles. The Bertz CT molecular complexity index is 760. The lowest BCUT2D eigenvalue weighted by atomic mass is 10.1. The van der Waals surface area contributed by atoms with E-state index in [1.54, 1.807) is 24.2 Å². The van der Waals surface area contributed by atoms with Gasteiger partial charge in [-0.15, -0.1) is 0 Å². The zero-order valence-corrected chi connectivity index (χ0v) is 13.0. The molecule has 6 heteroatoms. The molecule has 3 heterocycles. The van der Waals surface area contributed by atoms with E-state index in [2.05, 4.69) is 11.9 Å². The predicted molar refractivity (Wildman–Crippen MR) is 84.1 cm³/mol. The second-order valence-electron chi connectivity index (χ2n) is 5.73. The Morgan fingerprint density at radius 3 is 2.77 bits per heavy atom. The van der Waals surface area contributed by atoms with Crippen molar-refractivity contribution in [3.8, 4) is 0 Å². The van der Waals surface area contributed by atoms with Gasteiger partial charge < -0.3 is 9.80 Å². The monoisotopic (exact) mass is 301 g/mol. The van der Waals surface area contributed by atoms with Crippen molar-refractivity contribution in [2.45, 2.75) is 6.92 Å². The molecule has 1 N–H and O–H groups in total. The Morgan fingerprint density at radius 1 is 1.36 bits per heavy atom. The van der Waals surface area contributed by atoms with Crippen LogP contribution in [-0.4, -0.2) is 53.1 Å². The first-order valence-corrected chi connectivity index (χ1v) is 7.69. The van der Waals surface area contributed by atoms with E-state index in [4.69, 9.17) is 0 Å². The van der Waals surface area contributed by atoms with E-state index in [0.717, 1.165) is 25.0 Å². The number of aryl methyl sites for hydroxylation is 1. The summed E-state index contributed by atoms with van der Waals surface area (Å²) in [6, 6.07) is 5.36. The number of hydrogen-bond acceptors (Lipinski definition) is 3. The molecule has 0 spiro atoms. The van der Waals surface area contributed by atoms with Crippen molar-refractivity contribution in [3.63, 3.8) is 0 Å². The summed E-state index contributed by atoms with van der Waals surface area (Å²) in [6.07, 6.45) is 1.65. The second kappa shape index (κ2) is 5.88. The number of nitrogens with one attached hydrogen (secondary N) is 1. The minimum absolute atomic E-state index is 0.165. The quantitative estimate of drug-likeness (QED) is 0.797. The average molecular weight is 301 g/mol. The van der Waals surface area contributed by atoms with Gasteiger partial charge in [0, 0.05) is 18.6 Å². The van der Waals surface area contributed by atoms with Crippen LogP contribution in [0.4, 0.5) is 0 Å². The summed E-state index contributed by atoms with van der Waals surface area (Å²) in [5.41, 5.74) is 0.564. The zero-order chi connectivity index (χ0) is 15.7. The van der Waals surface area contributed by atoms with Crippen LogP contribution in [-0.2, 0) is 7.05 Å². The number of quaternary nitrogens is 1. The summed E-state index contributed by atoms with van der Waals surface area (Å²) in [7, 11) is 1.66. The fraction of sp³-hybridized carbons (Fsp3) is 0.438. The van der Waals surface area contributed by atoms with Gasteiger partial charge >= 0.3 is 0 Å². The second-order valence-corrected chi connectivity index (χ2v) is 5.73. The number of hydrogen-bond donors (Lipinski definition) is 1. The maximum atomic E-state index is 12.7. The highest BCUT2D eigenvalue weighted by Gasteiger charge is 2.26. The number of nitrogens with zero attached hydrogens (tertiary/aromatic N) is 3. The molecule has 3 rings (SSSR count). The number of rotatable bonds is 2. The number of pyridine rings is 2. The van der Waals surface area contributed by atoms with Gasteiger partial charge in [-0.3, -0.25) is 14.2 Å². The number of piperazine rings is 1. The first-order chi connectivity index (χ1) is 10.6. The summed E-state index contributed by atoms with van der Waals surface area (Å²) < 4.78 is 1.45. The minimum Gasteiger partial charge on any atom is -0.332 e. The van der Waals surface area contributed by atoms with E-state index in [9.17, 15) is 9.59 Å². The predicted octanol–water partition coefficient (Wildman–Crippen LogP) is -0.706. The molecule has 116 valence electrons. The highest BCUT2D eigenvalue weighted by atomic mass is 16.2. The SMILES string of the molecule is CC[NH+]1CCN(C(=O)c2cc3cccnc3n(C)c2=O)CC1. The molecule has 22 heavy (non-hydrogen) atoms. The third-order valence-corrected chi connectivity index (χ3v) is 4.46. The van der Waals surface area contributed by atoms with E-state index < -0.39 is 0 Å². The maximum absolute atomic E-state index is 12.7. The normalized spacial score (nSPS) is 16.2. The molecule has 0 saturated carbocycles. The van der Waals surface area contributed by atoms with Gasteiger partial charge in [-0.1, -0.05) is 0 Å². The van der Waals surface area contributed by atoms with Gasteiger partial charge in [0.2, 0.25) is 0 Å². The molecule has 2 aromatic rings. The molecular weight excluding hydrogens is 280 g/mol. The number of likely N-dealkylation sites (N-methyl/N-ethyl adjacent to an activating group) is 1. The van der Waals surface area contributed by atoms with Crippen LogP contribution in [0.15, 0.2) is 29.2 Å². The summed E-state index contributed by atoms with van der Waals surface area (Å²) in [5, 5.41) is 0.811. The first-order valence-electron chi connectivity index (χ1n) is 7.69. The van der Waals surface area contributed by atoms with E-state index in [1.165, 1.54) is 9.47 Å². The van der Waals surface area contributed by atoms with Crippen molar-refractivity contribution in [3.05, 3.63) is 40.3 Å². The van der Waals surface area contributed by atoms with Crippen molar-refractivity contribution >= 4 is 16.9 Å². The third kappa shape index (κ3) is 2.50. The molecule has 2 aromatic heterocycles. The van der Waals surface area contributed by atoms with Crippen LogP contribution in [0.5, 0.6) is 0 Å². The first kappa shape index (κ1) is 14.7. The number of fused-ring (bicyclic) bond motifs is 1. The highest BCUT2D eigenvalue weighted by Crippen LogP contribution is 2.11. The van der Waals surface area contributed by atoms with Crippen molar-refractivity contribution < 1.29 is 9.69 Å². The van der Waals surface area contributed by atoms with Crippen molar-refractivity contribution in [1.82, 2.24) is 14.5 Å². The fourth-order valence-electron chi connectivity index (χ4n) is 3.00. The zero-order valence-electron chi connectivity index (χ0n) is 13.0. The number of aromatic nitrogens is 2. The Labute approximate surface area is 129 Å². The third-order valence-electron chi connectivity index (χ3n) is 4.46. The number of carbonyl (C=O) groups is 1. The van der Waals surface area contributed by atoms with Crippen LogP contribution < -0.4 is 10.5 Å². The molecule has 0 radical (unpaired) electrons. The standard InChI is InChI=1S/C16H20N4O2/c1-3-19-7-9-20(10-8-19)16(22)13-11-12-5-4-6-17-14(12)18(2)15(13)21/h4-6,11H,3,7-10H2,1-2H3/p+1. The molecule has 0 aromatic carbocycles. The number of carbonyl (C=O) groups excluding carboxylic acids is 1. The molecular formula is C16H21N4O2+. The van der Waals surface area contributed by atoms with Gasteiger partial charge in [0.25, 0.3) is 11.5 Å². The molecule has 1 aliphatic rings. The Balaban J connectivity index is 1.95. The van der Waals surface area contributed by atoms with E-state index >= 15 is 0 Å². The topological polar surface area (TPSA) is 59.6 Å². The molecule has 0 atom stereocenters. The Hall–Kier alpha value is -2.21. The lowest BCUT2D eigenvalue weighted by Crippen LogP contribution is -3.14. The summed E-state index contributed by atoms with van der Waals surface area (Å²) in [5.74, 6) is -0.165. The minimum atomic E-state index is -0.276. The van der Waals surface area contributed by atoms with Crippen LogP contribution in [0.2, 0.25) is 0 Å². The molecule has 1 aliphatic heterocycles. The molecule has 0 bridgehead atoms. The molecule has 1 fully saturated rings. The van der Waals surface area contributed by atoms with Gasteiger partial charge in [0.05, 0.1) is 32.7 Å². The lowest BCUT2D eigenvalue weighted by Gasteiger charge is -2.31. The van der Waals surface area contributed by atoms with Gasteiger partial charge in [-0.2, -0.15) is 0 Å². The van der Waals surface area contributed by atoms with E-state index in [-0.39, 0.29) is 17.0 Å². The van der Waals surface area contributed by atoms with Gasteiger partial charge in [0.1, 0.15) is 11.2 Å². The molecule has 1 amide bonds. The van der Waals surface area contributed by atoms with Gasteiger partial charge in [0.15, 0.2) is 0 Å². The van der Waals surface area contributed by atoms with E-state index in [1.807, 2.05) is 12.1 Å². The molecule has 6 nitrogen and oxygen atoms in total. The largest absolute Gasteiger partial charge is 0.332 e.